The predicted molar refractivity (Wildman–Crippen MR) is 111 cm³/mol. The lowest BCUT2D eigenvalue weighted by Gasteiger charge is -2.35. The Balaban J connectivity index is 1.41. The molecule has 1 aromatic heterocycles. The highest BCUT2D eigenvalue weighted by Crippen LogP contribution is 2.44. The Morgan fingerprint density at radius 1 is 1.14 bits per heavy atom. The summed E-state index contributed by atoms with van der Waals surface area (Å²) < 4.78 is 25.4. The minimum Gasteiger partial charge on any atom is -0.393 e. The first-order valence-corrected chi connectivity index (χ1v) is 10.8. The third-order valence-corrected chi connectivity index (χ3v) is 6.98. The first-order chi connectivity index (χ1) is 14.0. The third-order valence-electron chi connectivity index (χ3n) is 5.84. The molecule has 3 unspecified atom stereocenters. The van der Waals surface area contributed by atoms with E-state index >= 15 is 0 Å². The summed E-state index contributed by atoms with van der Waals surface area (Å²) in [5.41, 5.74) is 4.45. The molecule has 3 atom stereocenters. The van der Waals surface area contributed by atoms with Gasteiger partial charge in [0.2, 0.25) is 0 Å². The van der Waals surface area contributed by atoms with Crippen LogP contribution in [0.4, 0.5) is 4.39 Å². The van der Waals surface area contributed by atoms with Crippen LogP contribution in [-0.4, -0.2) is 23.9 Å². The summed E-state index contributed by atoms with van der Waals surface area (Å²) in [7, 11) is 0. The standard InChI is InChI=1S/C24H23FO3S/c1-15-2-5-18(24-13-20(26)12-21(28-24)14-27-24)10-17(15)11-22-8-9-23(29-22)16-3-6-19(25)7-4-16/h2-10,20-21,26H,11-14H2,1H3. The highest BCUT2D eigenvalue weighted by atomic mass is 32.1. The van der Waals surface area contributed by atoms with Gasteiger partial charge in [-0.05, 0) is 53.9 Å². The van der Waals surface area contributed by atoms with E-state index in [0.717, 1.165) is 22.4 Å². The number of ether oxygens (including phenoxy) is 2. The van der Waals surface area contributed by atoms with Crippen LogP contribution >= 0.6 is 11.3 Å². The second-order valence-electron chi connectivity index (χ2n) is 7.99. The molecule has 2 aliphatic heterocycles. The Hall–Kier alpha value is -2.05. The van der Waals surface area contributed by atoms with Crippen molar-refractivity contribution in [1.29, 1.82) is 0 Å². The number of benzene rings is 2. The van der Waals surface area contributed by atoms with E-state index in [0.29, 0.717) is 19.4 Å². The van der Waals surface area contributed by atoms with Crippen LogP contribution in [0.3, 0.4) is 0 Å². The monoisotopic (exact) mass is 410 g/mol. The molecule has 5 heteroatoms. The van der Waals surface area contributed by atoms with Crippen LogP contribution < -0.4 is 0 Å². The Labute approximate surface area is 173 Å². The molecule has 0 saturated carbocycles. The van der Waals surface area contributed by atoms with Crippen LogP contribution in [-0.2, 0) is 21.7 Å². The van der Waals surface area contributed by atoms with Gasteiger partial charge in [-0.1, -0.05) is 24.3 Å². The molecule has 0 spiro atoms. The molecular formula is C24H23FO3S. The van der Waals surface area contributed by atoms with Crippen molar-refractivity contribution in [3.8, 4) is 10.4 Å². The van der Waals surface area contributed by atoms with Crippen molar-refractivity contribution in [3.05, 3.63) is 82.0 Å². The first-order valence-electron chi connectivity index (χ1n) is 9.95. The fourth-order valence-corrected chi connectivity index (χ4v) is 5.32. The number of aliphatic hydroxyl groups excluding tert-OH is 1. The molecule has 3 nitrogen and oxygen atoms in total. The Kier molecular flexibility index (Phi) is 4.79. The predicted octanol–water partition coefficient (Wildman–Crippen LogP) is 5.18. The molecule has 29 heavy (non-hydrogen) atoms. The summed E-state index contributed by atoms with van der Waals surface area (Å²) in [5, 5.41) is 10.2. The van der Waals surface area contributed by atoms with E-state index in [2.05, 4.69) is 37.3 Å². The van der Waals surface area contributed by atoms with E-state index in [4.69, 9.17) is 9.47 Å². The quantitative estimate of drug-likeness (QED) is 0.644. The van der Waals surface area contributed by atoms with Crippen LogP contribution in [0.2, 0.25) is 0 Å². The number of rotatable bonds is 4. The maximum Gasteiger partial charge on any atom is 0.197 e. The molecule has 150 valence electrons. The second kappa shape index (κ2) is 7.33. The lowest BCUT2D eigenvalue weighted by molar-refractivity contribution is -0.218. The maximum atomic E-state index is 13.2. The van der Waals surface area contributed by atoms with Crippen molar-refractivity contribution >= 4 is 11.3 Å². The van der Waals surface area contributed by atoms with E-state index < -0.39 is 11.9 Å². The largest absolute Gasteiger partial charge is 0.393 e. The molecule has 0 amide bonds. The van der Waals surface area contributed by atoms with E-state index in [1.54, 1.807) is 11.3 Å². The summed E-state index contributed by atoms with van der Waals surface area (Å²) in [4.78, 5) is 2.38. The second-order valence-corrected chi connectivity index (χ2v) is 9.16. The number of thiophene rings is 1. The van der Waals surface area contributed by atoms with Crippen LogP contribution in [0.15, 0.2) is 54.6 Å². The first kappa shape index (κ1) is 18.9. The normalized spacial score (nSPS) is 26.0. The topological polar surface area (TPSA) is 38.7 Å². The van der Waals surface area contributed by atoms with Gasteiger partial charge < -0.3 is 14.6 Å². The zero-order chi connectivity index (χ0) is 20.0. The molecule has 2 bridgehead atoms. The summed E-state index contributed by atoms with van der Waals surface area (Å²) in [5.74, 6) is -1.04. The van der Waals surface area contributed by atoms with Crippen LogP contribution in [0.1, 0.15) is 34.4 Å². The van der Waals surface area contributed by atoms with Gasteiger partial charge in [0.05, 0.1) is 18.8 Å². The minimum absolute atomic E-state index is 0.0286. The molecule has 0 radical (unpaired) electrons. The van der Waals surface area contributed by atoms with Gasteiger partial charge >= 0.3 is 0 Å². The molecular weight excluding hydrogens is 387 g/mol. The van der Waals surface area contributed by atoms with Crippen molar-refractivity contribution in [1.82, 2.24) is 0 Å². The highest BCUT2D eigenvalue weighted by Gasteiger charge is 2.49. The molecule has 2 fully saturated rings. The van der Waals surface area contributed by atoms with Crippen molar-refractivity contribution in [2.24, 2.45) is 0 Å². The minimum atomic E-state index is -0.820. The van der Waals surface area contributed by atoms with E-state index in [9.17, 15) is 9.50 Å². The van der Waals surface area contributed by atoms with Gasteiger partial charge in [-0.3, -0.25) is 0 Å². The number of hydrogen-bond acceptors (Lipinski definition) is 4. The van der Waals surface area contributed by atoms with Crippen LogP contribution in [0.25, 0.3) is 10.4 Å². The summed E-state index contributed by atoms with van der Waals surface area (Å²) in [6.45, 7) is 2.65. The lowest BCUT2D eigenvalue weighted by atomic mass is 9.91. The molecule has 5 rings (SSSR count). The number of aliphatic hydroxyl groups is 1. The van der Waals surface area contributed by atoms with Crippen LogP contribution in [0.5, 0.6) is 0 Å². The molecule has 1 N–H and O–H groups in total. The molecule has 0 aliphatic carbocycles. The van der Waals surface area contributed by atoms with Gasteiger partial charge in [0.1, 0.15) is 5.82 Å². The Morgan fingerprint density at radius 2 is 1.97 bits per heavy atom. The van der Waals surface area contributed by atoms with Gasteiger partial charge in [0.25, 0.3) is 0 Å². The highest BCUT2D eigenvalue weighted by molar-refractivity contribution is 7.15. The van der Waals surface area contributed by atoms with Gasteiger partial charge in [-0.25, -0.2) is 4.39 Å². The number of fused-ring (bicyclic) bond motifs is 2. The third kappa shape index (κ3) is 3.64. The zero-order valence-electron chi connectivity index (χ0n) is 16.2. The average Bonchev–Trinajstić information content (AvgIpc) is 3.29. The Bertz CT molecular complexity index is 1030. The van der Waals surface area contributed by atoms with Crippen molar-refractivity contribution in [2.45, 2.75) is 44.2 Å². The van der Waals surface area contributed by atoms with E-state index in [1.807, 2.05) is 12.1 Å². The molecule has 3 heterocycles. The van der Waals surface area contributed by atoms with Crippen molar-refractivity contribution < 1.29 is 19.0 Å². The fraction of sp³-hybridized carbons (Fsp3) is 0.333. The lowest BCUT2D eigenvalue weighted by Crippen LogP contribution is -2.38. The van der Waals surface area contributed by atoms with Crippen molar-refractivity contribution in [2.75, 3.05) is 6.61 Å². The maximum absolute atomic E-state index is 13.2. The van der Waals surface area contributed by atoms with Gasteiger partial charge in [0.15, 0.2) is 5.79 Å². The van der Waals surface area contributed by atoms with Gasteiger partial charge in [-0.15, -0.1) is 11.3 Å². The van der Waals surface area contributed by atoms with Crippen LogP contribution in [0, 0.1) is 12.7 Å². The number of halogens is 1. The van der Waals surface area contributed by atoms with E-state index in [1.165, 1.54) is 28.1 Å². The Morgan fingerprint density at radius 3 is 2.79 bits per heavy atom. The zero-order valence-corrected chi connectivity index (χ0v) is 17.0. The summed E-state index contributed by atoms with van der Waals surface area (Å²) >= 11 is 1.73. The fourth-order valence-electron chi connectivity index (χ4n) is 4.28. The van der Waals surface area contributed by atoms with Crippen molar-refractivity contribution in [3.63, 3.8) is 0 Å². The average molecular weight is 411 g/mol. The van der Waals surface area contributed by atoms with Gasteiger partial charge in [0, 0.05) is 34.6 Å². The number of aryl methyl sites for hydroxylation is 1. The number of hydrogen-bond donors (Lipinski definition) is 1. The summed E-state index contributed by atoms with van der Waals surface area (Å²) in [6, 6.07) is 17.2. The SMILES string of the molecule is Cc1ccc(C23CC(O)CC(CO2)O3)cc1Cc1ccc(-c2ccc(F)cc2)s1. The molecule has 2 aromatic carbocycles. The molecule has 2 saturated heterocycles. The molecule has 2 aliphatic rings. The van der Waals surface area contributed by atoms with E-state index in [-0.39, 0.29) is 11.9 Å². The molecule has 3 aromatic rings. The smallest absolute Gasteiger partial charge is 0.197 e. The summed E-state index contributed by atoms with van der Waals surface area (Å²) in [6.07, 6.45) is 1.51. The van der Waals surface area contributed by atoms with Gasteiger partial charge in [-0.2, -0.15) is 0 Å².